The highest BCUT2D eigenvalue weighted by molar-refractivity contribution is 6.24. The minimum atomic E-state index is -2.92. The first kappa shape index (κ1) is 37.5. The zero-order valence-electron chi connectivity index (χ0n) is 27.8. The van der Waals surface area contributed by atoms with E-state index in [0.29, 0.717) is 0 Å². The third-order valence-electron chi connectivity index (χ3n) is 6.53. The molecule has 0 unspecified atom stereocenters. The van der Waals surface area contributed by atoms with Crippen molar-refractivity contribution in [3.05, 3.63) is 86.5 Å². The molecule has 0 bridgehead atoms. The lowest BCUT2D eigenvalue weighted by atomic mass is 10.0. The van der Waals surface area contributed by atoms with E-state index in [0.717, 1.165) is 0 Å². The molecule has 0 spiro atoms. The molecule has 0 aliphatic rings. The molecule has 7 heteroatoms. The number of aryl methyl sites for hydroxylation is 9. The SMILES string of the molecule is Cc1cc(C)c([NH+](C)C)c(C)c1.Cc1cc(C)c([NH+](C)C)c(C)c1.Cc1cc(C)c([NH+](C)C)c(C)c1.[O-]B([O-])[O-]. The molecule has 0 radical (unpaired) electrons. The summed E-state index contributed by atoms with van der Waals surface area (Å²) in [6.07, 6.45) is 0. The van der Waals surface area contributed by atoms with Gasteiger partial charge < -0.3 is 29.8 Å². The molecule has 0 fully saturated rings. The van der Waals surface area contributed by atoms with E-state index in [-0.39, 0.29) is 0 Å². The van der Waals surface area contributed by atoms with Crippen LogP contribution in [-0.2, 0) is 0 Å². The fraction of sp³-hybridized carbons (Fsp3) is 0.455. The summed E-state index contributed by atoms with van der Waals surface area (Å²) in [6, 6.07) is 13.5. The van der Waals surface area contributed by atoms with Gasteiger partial charge in [0.05, 0.1) is 42.3 Å². The molecule has 0 saturated heterocycles. The fourth-order valence-corrected chi connectivity index (χ4v) is 5.91. The number of rotatable bonds is 3. The predicted octanol–water partition coefficient (Wildman–Crippen LogP) is 0.216. The first-order valence-corrected chi connectivity index (χ1v) is 13.9. The minimum absolute atomic E-state index is 1.36. The van der Waals surface area contributed by atoms with Crippen LogP contribution in [0.5, 0.6) is 0 Å². The summed E-state index contributed by atoms with van der Waals surface area (Å²) in [5.41, 5.74) is 16.7. The van der Waals surface area contributed by atoms with Crippen molar-refractivity contribution in [1.82, 2.24) is 0 Å². The maximum absolute atomic E-state index is 8.42. The van der Waals surface area contributed by atoms with Crippen LogP contribution in [0.3, 0.4) is 0 Å². The van der Waals surface area contributed by atoms with Crippen molar-refractivity contribution >= 4 is 24.4 Å². The van der Waals surface area contributed by atoms with Gasteiger partial charge in [-0.05, 0) is 62.3 Å². The first-order chi connectivity index (χ1) is 18.3. The molecule has 222 valence electrons. The second kappa shape index (κ2) is 17.3. The number of hydrogen-bond acceptors (Lipinski definition) is 3. The summed E-state index contributed by atoms with van der Waals surface area (Å²) >= 11 is 0. The Morgan fingerprint density at radius 1 is 0.375 bits per heavy atom. The Morgan fingerprint density at radius 2 is 0.500 bits per heavy atom. The van der Waals surface area contributed by atoms with Crippen molar-refractivity contribution < 1.29 is 29.8 Å². The van der Waals surface area contributed by atoms with Gasteiger partial charge in [0, 0.05) is 33.4 Å². The Morgan fingerprint density at radius 3 is 0.600 bits per heavy atom. The molecule has 3 rings (SSSR count). The van der Waals surface area contributed by atoms with Crippen molar-refractivity contribution in [2.75, 3.05) is 42.3 Å². The smallest absolute Gasteiger partial charge is 0.136 e. The van der Waals surface area contributed by atoms with E-state index in [1.807, 2.05) is 0 Å². The number of nitrogens with one attached hydrogen (secondary N) is 3. The quantitative estimate of drug-likeness (QED) is 0.408. The topological polar surface area (TPSA) is 82.5 Å². The summed E-state index contributed by atoms with van der Waals surface area (Å²) < 4.78 is 0. The van der Waals surface area contributed by atoms with Crippen LogP contribution in [0, 0.1) is 62.3 Å². The van der Waals surface area contributed by atoms with Gasteiger partial charge >= 0.3 is 0 Å². The molecule has 40 heavy (non-hydrogen) atoms. The van der Waals surface area contributed by atoms with E-state index in [9.17, 15) is 0 Å². The maximum Gasteiger partial charge on any atom is 0.136 e. The van der Waals surface area contributed by atoms with Crippen LogP contribution < -0.4 is 29.8 Å². The predicted molar refractivity (Wildman–Crippen MR) is 165 cm³/mol. The second-order valence-corrected chi connectivity index (χ2v) is 11.6. The summed E-state index contributed by atoms with van der Waals surface area (Å²) in [4.78, 5) is 4.22. The normalized spacial score (nSPS) is 10.4. The maximum atomic E-state index is 8.42. The van der Waals surface area contributed by atoms with Crippen LogP contribution in [0.1, 0.15) is 50.1 Å². The lowest BCUT2D eigenvalue weighted by Crippen LogP contribution is -3.00. The molecular weight excluding hydrogens is 497 g/mol. The molecular formula is C33H54BN3O3. The highest BCUT2D eigenvalue weighted by Gasteiger charge is 2.11. The van der Waals surface area contributed by atoms with Crippen LogP contribution in [0.25, 0.3) is 0 Å². The summed E-state index contributed by atoms with van der Waals surface area (Å²) in [5, 5.41) is 25.2. The zero-order chi connectivity index (χ0) is 31.5. The van der Waals surface area contributed by atoms with Crippen LogP contribution in [-0.4, -0.2) is 49.6 Å². The van der Waals surface area contributed by atoms with Crippen LogP contribution in [0.15, 0.2) is 36.4 Å². The first-order valence-electron chi connectivity index (χ1n) is 13.9. The van der Waals surface area contributed by atoms with Gasteiger partial charge in [0.1, 0.15) is 17.1 Å². The molecule has 0 aromatic heterocycles. The minimum Gasteiger partial charge on any atom is -0.907 e. The Hall–Kier alpha value is -2.52. The standard InChI is InChI=1S/3C11H17N.BO3/c3*1-8-6-9(2)11(12(4)5)10(3)7-8;2-1(3)4/h3*6-7H,1-5H3;/q;;;-3/p+3. The van der Waals surface area contributed by atoms with Crippen molar-refractivity contribution in [1.29, 1.82) is 0 Å². The summed E-state index contributed by atoms with van der Waals surface area (Å²) in [5.74, 6) is 0. The van der Waals surface area contributed by atoms with Gasteiger partial charge in [-0.3, -0.25) is 7.32 Å². The van der Waals surface area contributed by atoms with Crippen LogP contribution in [0.4, 0.5) is 17.1 Å². The molecule has 0 saturated carbocycles. The van der Waals surface area contributed by atoms with Crippen molar-refractivity contribution in [3.63, 3.8) is 0 Å². The Kier molecular flexibility index (Phi) is 16.2. The van der Waals surface area contributed by atoms with Gasteiger partial charge in [0.2, 0.25) is 0 Å². The van der Waals surface area contributed by atoms with E-state index in [4.69, 9.17) is 15.1 Å². The number of hydrogen-bond donors (Lipinski definition) is 3. The molecule has 0 amide bonds. The Bertz CT molecular complexity index is 1000. The van der Waals surface area contributed by atoms with Crippen LogP contribution >= 0.6 is 0 Å². The number of benzene rings is 3. The summed E-state index contributed by atoms with van der Waals surface area (Å²) in [6.45, 7) is 19.5. The average molecular weight is 552 g/mol. The van der Waals surface area contributed by atoms with Gasteiger partial charge in [-0.25, -0.2) is 0 Å². The lowest BCUT2D eigenvalue weighted by molar-refractivity contribution is -0.787. The van der Waals surface area contributed by atoms with Gasteiger partial charge in [-0.1, -0.05) is 53.1 Å². The van der Waals surface area contributed by atoms with E-state index < -0.39 is 7.32 Å². The molecule has 0 aliphatic carbocycles. The van der Waals surface area contributed by atoms with Gasteiger partial charge in [0.15, 0.2) is 0 Å². The fourth-order valence-electron chi connectivity index (χ4n) is 5.91. The summed E-state index contributed by atoms with van der Waals surface area (Å²) in [7, 11) is 10.1. The third-order valence-corrected chi connectivity index (χ3v) is 6.53. The van der Waals surface area contributed by atoms with E-state index in [1.165, 1.54) is 81.8 Å². The monoisotopic (exact) mass is 551 g/mol. The molecule has 6 nitrogen and oxygen atoms in total. The number of quaternary nitrogens is 3. The molecule has 0 atom stereocenters. The van der Waals surface area contributed by atoms with Gasteiger partial charge in [0.25, 0.3) is 0 Å². The van der Waals surface area contributed by atoms with Crippen LogP contribution in [0.2, 0.25) is 0 Å². The van der Waals surface area contributed by atoms with Crippen molar-refractivity contribution in [3.8, 4) is 0 Å². The van der Waals surface area contributed by atoms with Gasteiger partial charge in [-0.15, -0.1) is 0 Å². The van der Waals surface area contributed by atoms with Crippen molar-refractivity contribution in [2.45, 2.75) is 62.3 Å². The molecule has 3 aromatic rings. The average Bonchev–Trinajstić information content (AvgIpc) is 2.71. The lowest BCUT2D eigenvalue weighted by Gasteiger charge is -2.35. The van der Waals surface area contributed by atoms with Crippen molar-refractivity contribution in [2.24, 2.45) is 0 Å². The molecule has 0 heterocycles. The molecule has 3 N–H and O–H groups in total. The highest BCUT2D eigenvalue weighted by Crippen LogP contribution is 2.19. The molecule has 3 aromatic carbocycles. The Labute approximate surface area is 245 Å². The highest BCUT2D eigenvalue weighted by atomic mass is 16.5. The Balaban J connectivity index is 0.000000534. The van der Waals surface area contributed by atoms with E-state index in [1.54, 1.807) is 0 Å². The second-order valence-electron chi connectivity index (χ2n) is 11.6. The largest absolute Gasteiger partial charge is 0.907 e. The zero-order valence-corrected chi connectivity index (χ0v) is 27.8. The third kappa shape index (κ3) is 12.8. The van der Waals surface area contributed by atoms with E-state index in [2.05, 4.69) is 141 Å². The molecule has 0 aliphatic heterocycles. The van der Waals surface area contributed by atoms with Gasteiger partial charge in [-0.2, -0.15) is 0 Å². The van der Waals surface area contributed by atoms with E-state index >= 15 is 0 Å².